The van der Waals surface area contributed by atoms with Crippen molar-refractivity contribution in [3.05, 3.63) is 186 Å². The molecule has 0 N–H and O–H groups in total. The number of allylic oxidation sites excluding steroid dienone is 1. The minimum atomic E-state index is 0.550. The molecule has 0 saturated carbocycles. The number of aromatic nitrogens is 4. The molecule has 1 unspecified atom stereocenters. The highest BCUT2D eigenvalue weighted by Gasteiger charge is 2.23. The first-order valence-corrected chi connectivity index (χ1v) is 22.0. The molecule has 62 heavy (non-hydrogen) atoms. The van der Waals surface area contributed by atoms with Gasteiger partial charge in [0.05, 0.1) is 11.0 Å². The highest BCUT2D eigenvalue weighted by Crippen LogP contribution is 2.44. The maximum absolute atomic E-state index is 6.35. The molecule has 4 heterocycles. The van der Waals surface area contributed by atoms with E-state index in [4.69, 9.17) is 19.4 Å². The summed E-state index contributed by atoms with van der Waals surface area (Å²) in [5.74, 6) is 2.28. The van der Waals surface area contributed by atoms with Crippen LogP contribution >= 0.6 is 11.3 Å². The van der Waals surface area contributed by atoms with E-state index in [1.54, 1.807) is 0 Å². The number of para-hydroxylation sites is 2. The topological polar surface area (TPSA) is 56.7 Å². The zero-order valence-electron chi connectivity index (χ0n) is 33.7. The molecule has 0 fully saturated rings. The Labute approximate surface area is 360 Å². The van der Waals surface area contributed by atoms with Gasteiger partial charge in [-0.25, -0.2) is 4.98 Å². The fourth-order valence-corrected chi connectivity index (χ4v) is 10.9. The van der Waals surface area contributed by atoms with Crippen LogP contribution < -0.4 is 0 Å². The highest BCUT2D eigenvalue weighted by atomic mass is 32.1. The van der Waals surface area contributed by atoms with E-state index >= 15 is 0 Å². The number of furan rings is 1. The van der Waals surface area contributed by atoms with Crippen molar-refractivity contribution in [3.8, 4) is 51.0 Å². The van der Waals surface area contributed by atoms with E-state index in [0.29, 0.717) is 23.5 Å². The molecule has 8 aromatic carbocycles. The molecule has 292 valence electrons. The third-order valence-electron chi connectivity index (χ3n) is 12.7. The molecule has 1 aliphatic carbocycles. The Morgan fingerprint density at radius 1 is 0.548 bits per heavy atom. The van der Waals surface area contributed by atoms with Gasteiger partial charge in [-0.15, -0.1) is 11.3 Å². The van der Waals surface area contributed by atoms with Gasteiger partial charge in [-0.2, -0.15) is 9.97 Å². The van der Waals surface area contributed by atoms with E-state index in [-0.39, 0.29) is 0 Å². The van der Waals surface area contributed by atoms with Crippen molar-refractivity contribution >= 4 is 82.0 Å². The maximum atomic E-state index is 6.35. The molecule has 0 radical (unpaired) electrons. The molecule has 12 aromatic rings. The fraction of sp³-hybridized carbons (Fsp3) is 0.0536. The van der Waals surface area contributed by atoms with Gasteiger partial charge in [0.1, 0.15) is 11.2 Å². The van der Waals surface area contributed by atoms with Crippen molar-refractivity contribution in [2.24, 2.45) is 0 Å². The molecular weight excluding hydrogens is 777 g/mol. The first-order chi connectivity index (χ1) is 30.6. The number of hydrogen-bond donors (Lipinski definition) is 0. The smallest absolute Gasteiger partial charge is 0.238 e. The van der Waals surface area contributed by atoms with Crippen molar-refractivity contribution in [2.45, 2.75) is 19.3 Å². The summed E-state index contributed by atoms with van der Waals surface area (Å²) in [5, 5.41) is 8.17. The first kappa shape index (κ1) is 35.1. The Morgan fingerprint density at radius 2 is 1.26 bits per heavy atom. The molecule has 6 heteroatoms. The highest BCUT2D eigenvalue weighted by molar-refractivity contribution is 7.19. The monoisotopic (exact) mass is 812 g/mol. The van der Waals surface area contributed by atoms with Gasteiger partial charge in [-0.1, -0.05) is 159 Å². The van der Waals surface area contributed by atoms with Crippen LogP contribution in [-0.2, 0) is 0 Å². The van der Waals surface area contributed by atoms with Crippen molar-refractivity contribution in [3.63, 3.8) is 0 Å². The third kappa shape index (κ3) is 5.43. The summed E-state index contributed by atoms with van der Waals surface area (Å²) < 4.78 is 9.95. The lowest BCUT2D eigenvalue weighted by Gasteiger charge is -2.13. The lowest BCUT2D eigenvalue weighted by molar-refractivity contribution is 0.669. The number of hydrogen-bond acceptors (Lipinski definition) is 5. The Morgan fingerprint density at radius 3 is 2.15 bits per heavy atom. The van der Waals surface area contributed by atoms with Crippen LogP contribution in [-0.4, -0.2) is 19.5 Å². The number of fused-ring (bicyclic) bond motifs is 11. The summed E-state index contributed by atoms with van der Waals surface area (Å²) in [6, 6.07) is 60.3. The minimum absolute atomic E-state index is 0.550. The van der Waals surface area contributed by atoms with Crippen LogP contribution in [0.25, 0.3) is 122 Å². The van der Waals surface area contributed by atoms with Crippen molar-refractivity contribution in [1.82, 2.24) is 19.5 Å². The first-order valence-electron chi connectivity index (χ1n) is 21.2. The Bertz CT molecular complexity index is 3800. The molecule has 0 amide bonds. The molecule has 1 atom stereocenters. The fourth-order valence-electron chi connectivity index (χ4n) is 9.64. The van der Waals surface area contributed by atoms with E-state index in [0.717, 1.165) is 67.0 Å². The molecule has 0 spiro atoms. The quantitative estimate of drug-likeness (QED) is 0.174. The molecule has 4 aromatic heterocycles. The van der Waals surface area contributed by atoms with E-state index in [9.17, 15) is 0 Å². The van der Waals surface area contributed by atoms with Gasteiger partial charge in [0, 0.05) is 53.2 Å². The number of rotatable bonds is 5. The van der Waals surface area contributed by atoms with Gasteiger partial charge >= 0.3 is 0 Å². The van der Waals surface area contributed by atoms with Crippen LogP contribution in [0.15, 0.2) is 180 Å². The third-order valence-corrected chi connectivity index (χ3v) is 14.1. The van der Waals surface area contributed by atoms with Crippen LogP contribution in [0, 0.1) is 0 Å². The molecule has 0 saturated heterocycles. The zero-order valence-corrected chi connectivity index (χ0v) is 34.5. The summed E-state index contributed by atoms with van der Waals surface area (Å²) in [7, 11) is 0. The minimum Gasteiger partial charge on any atom is -0.456 e. The summed E-state index contributed by atoms with van der Waals surface area (Å²) in [6.45, 7) is 2.34. The number of benzene rings is 8. The predicted octanol–water partition coefficient (Wildman–Crippen LogP) is 15.4. The van der Waals surface area contributed by atoms with Crippen LogP contribution in [0.4, 0.5) is 0 Å². The summed E-state index contributed by atoms with van der Waals surface area (Å²) in [5.41, 5.74) is 11.5. The van der Waals surface area contributed by atoms with Crippen LogP contribution in [0.5, 0.6) is 0 Å². The van der Waals surface area contributed by atoms with Gasteiger partial charge in [0.15, 0.2) is 11.6 Å². The van der Waals surface area contributed by atoms with Crippen molar-refractivity contribution in [2.75, 3.05) is 0 Å². The van der Waals surface area contributed by atoms with E-state index < -0.39 is 0 Å². The summed E-state index contributed by atoms with van der Waals surface area (Å²) >= 11 is 1.95. The predicted molar refractivity (Wildman–Crippen MR) is 258 cm³/mol. The lowest BCUT2D eigenvalue weighted by Crippen LogP contribution is -2.07. The Hall–Kier alpha value is -7.67. The molecule has 13 rings (SSSR count). The van der Waals surface area contributed by atoms with E-state index in [2.05, 4.69) is 157 Å². The summed E-state index contributed by atoms with van der Waals surface area (Å²) in [4.78, 5) is 17.3. The van der Waals surface area contributed by atoms with E-state index in [1.807, 2.05) is 47.7 Å². The largest absolute Gasteiger partial charge is 0.456 e. The number of nitrogens with zero attached hydrogens (tertiary/aromatic N) is 4. The normalized spacial score (nSPS) is 13.9. The lowest BCUT2D eigenvalue weighted by atomic mass is 9.94. The van der Waals surface area contributed by atoms with Crippen LogP contribution in [0.1, 0.15) is 29.7 Å². The second kappa shape index (κ2) is 13.7. The molecule has 1 aliphatic rings. The van der Waals surface area contributed by atoms with Crippen LogP contribution in [0.2, 0.25) is 0 Å². The maximum Gasteiger partial charge on any atom is 0.238 e. The Kier molecular flexibility index (Phi) is 7.75. The summed E-state index contributed by atoms with van der Waals surface area (Å²) in [6.07, 6.45) is 5.74. The second-order valence-corrected chi connectivity index (χ2v) is 17.5. The standard InChI is InChI=1S/C56H36N4OS/c1-33-11-9-18-45-44-29-25-38(32-50(44)62-53(33)45)34-21-23-36(24-22-34)41-17-10-19-46-51-40-15-6-5-12-35(40)27-30-47(51)60(52(41)46)56-58-54(37-13-3-2-4-14-37)57-55(59-56)39-26-28-43-42-16-7-8-20-48(42)61-49(43)31-39/h2-10,12-33H,11H2,1H3. The zero-order chi connectivity index (χ0) is 40.9. The van der Waals surface area contributed by atoms with Gasteiger partial charge in [-0.05, 0) is 75.7 Å². The van der Waals surface area contributed by atoms with E-state index in [1.165, 1.54) is 47.8 Å². The van der Waals surface area contributed by atoms with Gasteiger partial charge in [0.25, 0.3) is 0 Å². The number of thiophene rings is 1. The molecule has 0 aliphatic heterocycles. The Balaban J connectivity index is 1.02. The average molecular weight is 813 g/mol. The van der Waals surface area contributed by atoms with Crippen molar-refractivity contribution < 1.29 is 4.42 Å². The van der Waals surface area contributed by atoms with Crippen LogP contribution in [0.3, 0.4) is 0 Å². The molecular formula is C56H36N4OS. The van der Waals surface area contributed by atoms with Crippen molar-refractivity contribution in [1.29, 1.82) is 0 Å². The SMILES string of the molecule is CC1CC=Cc2c1sc1cc(-c3ccc(-c4cccc5c6c7ccccc7ccc6n(-c6nc(-c7ccccc7)nc(-c7ccc8c(c7)oc7ccccc78)n6)c45)cc3)ccc21. The second-order valence-electron chi connectivity index (χ2n) is 16.4. The molecule has 0 bridgehead atoms. The van der Waals surface area contributed by atoms with Gasteiger partial charge in [-0.3, -0.25) is 4.57 Å². The van der Waals surface area contributed by atoms with Gasteiger partial charge in [0.2, 0.25) is 5.95 Å². The average Bonchev–Trinajstić information content (AvgIpc) is 4.01. The molecule has 5 nitrogen and oxygen atoms in total. The van der Waals surface area contributed by atoms with Gasteiger partial charge < -0.3 is 4.42 Å².